The van der Waals surface area contributed by atoms with Crippen LogP contribution in [0.5, 0.6) is 0 Å². The van der Waals surface area contributed by atoms with Crippen molar-refractivity contribution in [2.75, 3.05) is 33.4 Å². The molecule has 0 aromatic carbocycles. The summed E-state index contributed by atoms with van der Waals surface area (Å²) in [6, 6.07) is 0. The van der Waals surface area contributed by atoms with Crippen molar-refractivity contribution in [3.8, 4) is 0 Å². The van der Waals surface area contributed by atoms with Gasteiger partial charge in [0.1, 0.15) is 5.60 Å². The molecule has 1 amide bonds. The monoisotopic (exact) mass is 244 g/mol. The zero-order chi connectivity index (χ0) is 12.7. The number of carbonyl (C=O) groups excluding carboxylic acids is 1. The van der Waals surface area contributed by atoms with E-state index in [0.717, 1.165) is 12.8 Å². The molecule has 5 nitrogen and oxygen atoms in total. The van der Waals surface area contributed by atoms with Crippen molar-refractivity contribution >= 4 is 5.91 Å². The maximum Gasteiger partial charge on any atom is 0.220 e. The van der Waals surface area contributed by atoms with Gasteiger partial charge in [-0.2, -0.15) is 0 Å². The molecular formula is C12H24N2O3. The molecule has 0 bridgehead atoms. The van der Waals surface area contributed by atoms with Gasteiger partial charge in [-0.15, -0.1) is 0 Å². The molecule has 2 unspecified atom stereocenters. The lowest BCUT2D eigenvalue weighted by atomic mass is 10.0. The second-order valence-corrected chi connectivity index (χ2v) is 4.68. The molecule has 1 saturated heterocycles. The van der Waals surface area contributed by atoms with Crippen LogP contribution in [0.15, 0.2) is 0 Å². The summed E-state index contributed by atoms with van der Waals surface area (Å²) in [6.07, 6.45) is 2.26. The molecule has 1 aliphatic rings. The fourth-order valence-corrected chi connectivity index (χ4v) is 1.95. The van der Waals surface area contributed by atoms with E-state index < -0.39 is 0 Å². The van der Waals surface area contributed by atoms with Crippen LogP contribution in [-0.4, -0.2) is 44.9 Å². The van der Waals surface area contributed by atoms with E-state index in [-0.39, 0.29) is 17.4 Å². The molecule has 1 aliphatic heterocycles. The van der Waals surface area contributed by atoms with E-state index in [9.17, 15) is 4.79 Å². The third-order valence-corrected chi connectivity index (χ3v) is 3.49. The van der Waals surface area contributed by atoms with E-state index in [1.54, 1.807) is 7.11 Å². The van der Waals surface area contributed by atoms with Crippen LogP contribution < -0.4 is 11.1 Å². The Kier molecular flexibility index (Phi) is 5.88. The van der Waals surface area contributed by atoms with Gasteiger partial charge in [-0.05, 0) is 12.5 Å². The smallest absolute Gasteiger partial charge is 0.220 e. The molecule has 0 spiro atoms. The highest BCUT2D eigenvalue weighted by atomic mass is 16.5. The summed E-state index contributed by atoms with van der Waals surface area (Å²) in [6.45, 7) is 4.38. The van der Waals surface area contributed by atoms with Gasteiger partial charge in [0.15, 0.2) is 0 Å². The first-order chi connectivity index (χ1) is 8.15. The molecule has 1 rings (SSSR count). The quantitative estimate of drug-likeness (QED) is 0.675. The Morgan fingerprint density at radius 1 is 1.65 bits per heavy atom. The van der Waals surface area contributed by atoms with E-state index in [1.165, 1.54) is 0 Å². The molecule has 17 heavy (non-hydrogen) atoms. The second kappa shape index (κ2) is 6.93. The molecule has 1 heterocycles. The maximum atomic E-state index is 11.7. The molecule has 0 radical (unpaired) electrons. The van der Waals surface area contributed by atoms with E-state index in [1.807, 2.05) is 6.92 Å². The Morgan fingerprint density at radius 2 is 2.41 bits per heavy atom. The summed E-state index contributed by atoms with van der Waals surface area (Å²) < 4.78 is 10.8. The third-order valence-electron chi connectivity index (χ3n) is 3.49. The highest BCUT2D eigenvalue weighted by molar-refractivity contribution is 5.76. The Balaban J connectivity index is 2.31. The van der Waals surface area contributed by atoms with Gasteiger partial charge in [-0.3, -0.25) is 4.79 Å². The van der Waals surface area contributed by atoms with Crippen LogP contribution in [0.25, 0.3) is 0 Å². The van der Waals surface area contributed by atoms with Crippen LogP contribution in [0.3, 0.4) is 0 Å². The minimum absolute atomic E-state index is 0.0469. The van der Waals surface area contributed by atoms with Gasteiger partial charge in [0.2, 0.25) is 5.91 Å². The molecule has 1 fully saturated rings. The molecule has 100 valence electrons. The van der Waals surface area contributed by atoms with Crippen molar-refractivity contribution < 1.29 is 14.3 Å². The number of hydrogen-bond donors (Lipinski definition) is 2. The number of nitrogens with two attached hydrogens (primary N) is 1. The standard InChI is InChI=1S/C12H24N2O3/c1-3-10(7-13)6-11(15)14-8-12(16-2)4-5-17-9-12/h10H,3-9,13H2,1-2H3,(H,14,15). The largest absolute Gasteiger partial charge is 0.378 e. The fraction of sp³-hybridized carbons (Fsp3) is 0.917. The molecule has 5 heteroatoms. The van der Waals surface area contributed by atoms with Gasteiger partial charge >= 0.3 is 0 Å². The topological polar surface area (TPSA) is 73.6 Å². The minimum Gasteiger partial charge on any atom is -0.378 e. The molecule has 0 aromatic heterocycles. The van der Waals surface area contributed by atoms with Crippen molar-refractivity contribution in [3.05, 3.63) is 0 Å². The first-order valence-corrected chi connectivity index (χ1v) is 6.25. The highest BCUT2D eigenvalue weighted by Gasteiger charge is 2.35. The van der Waals surface area contributed by atoms with Crippen molar-refractivity contribution in [1.82, 2.24) is 5.32 Å². The van der Waals surface area contributed by atoms with Crippen molar-refractivity contribution in [3.63, 3.8) is 0 Å². The van der Waals surface area contributed by atoms with Crippen LogP contribution in [0.4, 0.5) is 0 Å². The normalized spacial score (nSPS) is 25.8. The highest BCUT2D eigenvalue weighted by Crippen LogP contribution is 2.21. The summed E-state index contributed by atoms with van der Waals surface area (Å²) in [5.74, 6) is 0.318. The van der Waals surface area contributed by atoms with E-state index in [2.05, 4.69) is 5.32 Å². The number of nitrogens with one attached hydrogen (secondary N) is 1. The van der Waals surface area contributed by atoms with Gasteiger partial charge in [-0.1, -0.05) is 13.3 Å². The summed E-state index contributed by atoms with van der Waals surface area (Å²) in [4.78, 5) is 11.7. The molecule has 0 saturated carbocycles. The predicted octanol–water partition coefficient (Wildman–Crippen LogP) is 0.283. The van der Waals surface area contributed by atoms with Crippen LogP contribution in [-0.2, 0) is 14.3 Å². The third kappa shape index (κ3) is 4.26. The Labute approximate surface area is 103 Å². The van der Waals surface area contributed by atoms with Crippen LogP contribution in [0.2, 0.25) is 0 Å². The molecule has 0 aromatic rings. The Hall–Kier alpha value is -0.650. The van der Waals surface area contributed by atoms with Crippen LogP contribution in [0.1, 0.15) is 26.2 Å². The number of ether oxygens (including phenoxy) is 2. The number of rotatable bonds is 7. The summed E-state index contributed by atoms with van der Waals surface area (Å²) in [7, 11) is 1.66. The van der Waals surface area contributed by atoms with Gasteiger partial charge < -0.3 is 20.5 Å². The molecule has 3 N–H and O–H groups in total. The van der Waals surface area contributed by atoms with Gasteiger partial charge in [0.25, 0.3) is 0 Å². The van der Waals surface area contributed by atoms with Crippen LogP contribution >= 0.6 is 0 Å². The first kappa shape index (κ1) is 14.4. The predicted molar refractivity (Wildman–Crippen MR) is 65.6 cm³/mol. The minimum atomic E-state index is -0.333. The summed E-state index contributed by atoms with van der Waals surface area (Å²) >= 11 is 0. The lowest BCUT2D eigenvalue weighted by Gasteiger charge is -2.26. The average Bonchev–Trinajstić information content (AvgIpc) is 2.83. The van der Waals surface area contributed by atoms with Gasteiger partial charge in [-0.25, -0.2) is 0 Å². The number of methoxy groups -OCH3 is 1. The SMILES string of the molecule is CCC(CN)CC(=O)NCC1(OC)CCOC1. The first-order valence-electron chi connectivity index (χ1n) is 6.25. The number of carbonyl (C=O) groups is 1. The van der Waals surface area contributed by atoms with E-state index in [0.29, 0.717) is 32.7 Å². The maximum absolute atomic E-state index is 11.7. The van der Waals surface area contributed by atoms with Gasteiger partial charge in [0.05, 0.1) is 6.61 Å². The molecule has 2 atom stereocenters. The lowest BCUT2D eigenvalue weighted by molar-refractivity contribution is -0.123. The molecule has 0 aliphatic carbocycles. The Morgan fingerprint density at radius 3 is 2.88 bits per heavy atom. The van der Waals surface area contributed by atoms with E-state index in [4.69, 9.17) is 15.2 Å². The number of amides is 1. The van der Waals surface area contributed by atoms with Crippen molar-refractivity contribution in [2.24, 2.45) is 11.7 Å². The summed E-state index contributed by atoms with van der Waals surface area (Å²) in [5, 5.41) is 2.92. The van der Waals surface area contributed by atoms with Crippen molar-refractivity contribution in [1.29, 1.82) is 0 Å². The lowest BCUT2D eigenvalue weighted by Crippen LogP contribution is -2.45. The second-order valence-electron chi connectivity index (χ2n) is 4.68. The zero-order valence-corrected chi connectivity index (χ0v) is 10.8. The zero-order valence-electron chi connectivity index (χ0n) is 10.8. The average molecular weight is 244 g/mol. The van der Waals surface area contributed by atoms with E-state index >= 15 is 0 Å². The number of hydrogen-bond acceptors (Lipinski definition) is 4. The van der Waals surface area contributed by atoms with Crippen LogP contribution in [0, 0.1) is 5.92 Å². The molecular weight excluding hydrogens is 220 g/mol. The summed E-state index contributed by atoms with van der Waals surface area (Å²) in [5.41, 5.74) is 5.24. The van der Waals surface area contributed by atoms with Crippen molar-refractivity contribution in [2.45, 2.75) is 31.8 Å². The Bertz CT molecular complexity index is 236. The fourth-order valence-electron chi connectivity index (χ4n) is 1.95. The van der Waals surface area contributed by atoms with Gasteiger partial charge in [0, 0.05) is 33.1 Å².